The first kappa shape index (κ1) is 17.6. The normalized spacial score (nSPS) is 11.6. The van der Waals surface area contributed by atoms with Crippen LogP contribution in [-0.4, -0.2) is 29.9 Å². The molecule has 8 heteroatoms. The summed E-state index contributed by atoms with van der Waals surface area (Å²) < 4.78 is 40.5. The first-order chi connectivity index (χ1) is 11.4. The number of alkyl halides is 3. The van der Waals surface area contributed by atoms with E-state index >= 15 is 0 Å². The number of benzene rings is 1. The number of hydrogen-bond donors (Lipinski definition) is 1. The lowest BCUT2D eigenvalue weighted by atomic mass is 10.1. The van der Waals surface area contributed by atoms with Crippen molar-refractivity contribution in [3.63, 3.8) is 0 Å². The highest BCUT2D eigenvalue weighted by atomic mass is 19.4. The van der Waals surface area contributed by atoms with Crippen molar-refractivity contribution in [2.45, 2.75) is 12.8 Å². The van der Waals surface area contributed by atoms with Gasteiger partial charge in [0.05, 0.1) is 12.8 Å². The fourth-order valence-corrected chi connectivity index (χ4v) is 1.72. The van der Waals surface area contributed by atoms with Gasteiger partial charge in [-0.2, -0.15) is 18.3 Å². The van der Waals surface area contributed by atoms with E-state index in [2.05, 4.69) is 20.2 Å². The molecule has 0 unspecified atom stereocenters. The molecule has 0 fully saturated rings. The number of carbonyl (C=O) groups excluding carboxylic acids is 1. The molecule has 0 spiro atoms. The summed E-state index contributed by atoms with van der Waals surface area (Å²) in [6.07, 6.45) is 0.317. The van der Waals surface area contributed by atoms with Crippen molar-refractivity contribution < 1.29 is 22.7 Å². The zero-order valence-electron chi connectivity index (χ0n) is 12.5. The maximum Gasteiger partial charge on any atom is 0.411 e. The van der Waals surface area contributed by atoms with Crippen LogP contribution in [0.3, 0.4) is 0 Å². The van der Waals surface area contributed by atoms with Gasteiger partial charge in [0.25, 0.3) is 5.91 Å². The van der Waals surface area contributed by atoms with Crippen LogP contribution in [0.25, 0.3) is 0 Å². The Kier molecular flexibility index (Phi) is 6.02. The van der Waals surface area contributed by atoms with Crippen molar-refractivity contribution in [1.29, 1.82) is 0 Å². The molecule has 0 aliphatic rings. The predicted octanol–water partition coefficient (Wildman–Crippen LogP) is 2.92. The topological polar surface area (TPSA) is 63.6 Å². The van der Waals surface area contributed by atoms with E-state index in [1.54, 1.807) is 24.5 Å². The van der Waals surface area contributed by atoms with Crippen LogP contribution in [0.4, 0.5) is 13.2 Å². The third-order valence-electron chi connectivity index (χ3n) is 2.84. The Morgan fingerprint density at radius 3 is 2.46 bits per heavy atom. The van der Waals surface area contributed by atoms with Crippen LogP contribution in [0, 0.1) is 0 Å². The van der Waals surface area contributed by atoms with E-state index in [1.165, 1.54) is 30.5 Å². The largest absolute Gasteiger partial charge is 0.411 e. The summed E-state index contributed by atoms with van der Waals surface area (Å²) in [5.74, 6) is -0.428. The minimum absolute atomic E-state index is 0.179. The van der Waals surface area contributed by atoms with E-state index in [1.807, 2.05) is 0 Å². The number of nitrogens with zero attached hydrogens (tertiary/aromatic N) is 2. The van der Waals surface area contributed by atoms with E-state index in [9.17, 15) is 18.0 Å². The summed E-state index contributed by atoms with van der Waals surface area (Å²) in [5, 5.41) is 3.81. The Morgan fingerprint density at radius 2 is 1.83 bits per heavy atom. The number of amides is 1. The molecule has 0 saturated carbocycles. The number of halogens is 3. The number of ether oxygens (including phenoxy) is 1. The maximum atomic E-state index is 12.0. The average Bonchev–Trinajstić information content (AvgIpc) is 2.55. The Morgan fingerprint density at radius 1 is 1.17 bits per heavy atom. The van der Waals surface area contributed by atoms with Gasteiger partial charge in [0.15, 0.2) is 0 Å². The van der Waals surface area contributed by atoms with Gasteiger partial charge in [-0.3, -0.25) is 9.78 Å². The van der Waals surface area contributed by atoms with Crippen molar-refractivity contribution >= 4 is 12.1 Å². The zero-order chi connectivity index (χ0) is 17.4. The second kappa shape index (κ2) is 8.21. The molecule has 1 heterocycles. The molecule has 0 aliphatic carbocycles. The number of nitrogens with one attached hydrogen (secondary N) is 1. The Bertz CT molecular complexity index is 686. The highest BCUT2D eigenvalue weighted by molar-refractivity contribution is 5.94. The lowest BCUT2D eigenvalue weighted by Gasteiger charge is -2.08. The van der Waals surface area contributed by atoms with Crippen molar-refractivity contribution in [2.24, 2.45) is 5.10 Å². The third kappa shape index (κ3) is 6.17. The summed E-state index contributed by atoms with van der Waals surface area (Å²) in [6.45, 7) is -1.49. The smallest absolute Gasteiger partial charge is 0.367 e. The van der Waals surface area contributed by atoms with E-state index in [0.717, 1.165) is 5.56 Å². The molecule has 126 valence electrons. The first-order valence-corrected chi connectivity index (χ1v) is 6.91. The summed E-state index contributed by atoms with van der Waals surface area (Å²) in [4.78, 5) is 15.7. The fourth-order valence-electron chi connectivity index (χ4n) is 1.72. The minimum atomic E-state index is -4.35. The quantitative estimate of drug-likeness (QED) is 0.651. The van der Waals surface area contributed by atoms with Crippen LogP contribution < -0.4 is 5.43 Å². The Balaban J connectivity index is 1.83. The third-order valence-corrected chi connectivity index (χ3v) is 2.84. The van der Waals surface area contributed by atoms with Gasteiger partial charge in [0.1, 0.15) is 6.61 Å². The van der Waals surface area contributed by atoms with Crippen molar-refractivity contribution in [3.05, 3.63) is 65.5 Å². The molecule has 0 radical (unpaired) electrons. The molecule has 1 N–H and O–H groups in total. The van der Waals surface area contributed by atoms with Crippen molar-refractivity contribution in [1.82, 2.24) is 10.4 Å². The molecule has 1 aromatic carbocycles. The molecule has 24 heavy (non-hydrogen) atoms. The molecule has 0 aliphatic heterocycles. The summed E-state index contributed by atoms with van der Waals surface area (Å²) in [6, 6.07) is 9.49. The van der Waals surface area contributed by atoms with Crippen molar-refractivity contribution in [2.75, 3.05) is 6.61 Å². The highest BCUT2D eigenvalue weighted by Gasteiger charge is 2.27. The Labute approximate surface area is 136 Å². The van der Waals surface area contributed by atoms with Gasteiger partial charge in [0.2, 0.25) is 0 Å². The lowest BCUT2D eigenvalue weighted by molar-refractivity contribution is -0.176. The van der Waals surface area contributed by atoms with Crippen LogP contribution in [-0.2, 0) is 11.3 Å². The van der Waals surface area contributed by atoms with Gasteiger partial charge in [-0.05, 0) is 35.4 Å². The molecule has 1 amide bonds. The van der Waals surface area contributed by atoms with Gasteiger partial charge < -0.3 is 4.74 Å². The molecule has 2 aromatic rings. The standard InChI is InChI=1S/C16H14F3N3O2/c17-16(18,19)11-24-10-13-1-3-14(4-2-13)15(23)22-21-9-12-5-7-20-8-6-12/h1-9H,10-11H2,(H,22,23)/b21-9+. The second-order valence-corrected chi connectivity index (χ2v) is 4.78. The molecular weight excluding hydrogens is 323 g/mol. The van der Waals surface area contributed by atoms with E-state index < -0.39 is 18.7 Å². The van der Waals surface area contributed by atoms with E-state index in [0.29, 0.717) is 11.1 Å². The van der Waals surface area contributed by atoms with Gasteiger partial charge >= 0.3 is 6.18 Å². The molecular formula is C16H14F3N3O2. The molecule has 1 aromatic heterocycles. The maximum absolute atomic E-state index is 12.0. The minimum Gasteiger partial charge on any atom is -0.367 e. The Hall–Kier alpha value is -2.74. The summed E-state index contributed by atoms with van der Waals surface area (Å²) in [7, 11) is 0. The first-order valence-electron chi connectivity index (χ1n) is 6.91. The molecule has 0 saturated heterocycles. The fraction of sp³-hybridized carbons (Fsp3) is 0.188. The number of pyridine rings is 1. The summed E-state index contributed by atoms with van der Waals surface area (Å²) in [5.41, 5.74) is 4.01. The number of rotatable bonds is 6. The molecule has 5 nitrogen and oxygen atoms in total. The van der Waals surface area contributed by atoms with Crippen LogP contribution in [0.15, 0.2) is 53.9 Å². The molecule has 2 rings (SSSR count). The average molecular weight is 337 g/mol. The number of hydrogen-bond acceptors (Lipinski definition) is 4. The van der Waals surface area contributed by atoms with Crippen molar-refractivity contribution in [3.8, 4) is 0 Å². The van der Waals surface area contributed by atoms with Gasteiger partial charge in [0, 0.05) is 18.0 Å². The van der Waals surface area contributed by atoms with Crippen LogP contribution in [0.2, 0.25) is 0 Å². The van der Waals surface area contributed by atoms with E-state index in [-0.39, 0.29) is 6.61 Å². The highest BCUT2D eigenvalue weighted by Crippen LogP contribution is 2.15. The van der Waals surface area contributed by atoms with Crippen LogP contribution >= 0.6 is 0 Å². The monoisotopic (exact) mass is 337 g/mol. The van der Waals surface area contributed by atoms with Gasteiger partial charge in [-0.25, -0.2) is 5.43 Å². The number of carbonyl (C=O) groups is 1. The summed E-state index contributed by atoms with van der Waals surface area (Å²) >= 11 is 0. The van der Waals surface area contributed by atoms with Gasteiger partial charge in [-0.15, -0.1) is 0 Å². The van der Waals surface area contributed by atoms with E-state index in [4.69, 9.17) is 0 Å². The SMILES string of the molecule is O=C(N/N=C/c1ccncc1)c1ccc(COCC(F)(F)F)cc1. The molecule has 0 bridgehead atoms. The van der Waals surface area contributed by atoms with Gasteiger partial charge in [-0.1, -0.05) is 12.1 Å². The predicted molar refractivity (Wildman–Crippen MR) is 81.5 cm³/mol. The van der Waals surface area contributed by atoms with Crippen LogP contribution in [0.5, 0.6) is 0 Å². The van der Waals surface area contributed by atoms with Crippen LogP contribution in [0.1, 0.15) is 21.5 Å². The zero-order valence-corrected chi connectivity index (χ0v) is 12.5. The second-order valence-electron chi connectivity index (χ2n) is 4.78. The molecule has 0 atom stereocenters. The number of hydrazone groups is 1. The number of aromatic nitrogens is 1. The lowest BCUT2D eigenvalue weighted by Crippen LogP contribution is -2.18.